The zero-order chi connectivity index (χ0) is 26.3. The summed E-state index contributed by atoms with van der Waals surface area (Å²) in [4.78, 5) is 28.8. The molecule has 2 aromatic rings. The van der Waals surface area contributed by atoms with Crippen LogP contribution in [0.3, 0.4) is 0 Å². The monoisotopic (exact) mass is 513 g/mol. The van der Waals surface area contributed by atoms with Gasteiger partial charge in [0.1, 0.15) is 12.6 Å². The van der Waals surface area contributed by atoms with Crippen molar-refractivity contribution in [2.45, 2.75) is 77.9 Å². The third-order valence-electron chi connectivity index (χ3n) is 6.91. The van der Waals surface area contributed by atoms with Crippen LogP contribution in [0.2, 0.25) is 0 Å². The summed E-state index contributed by atoms with van der Waals surface area (Å²) in [6, 6.07) is 14.2. The van der Waals surface area contributed by atoms with Crippen LogP contribution in [0, 0.1) is 13.8 Å². The number of amides is 2. The largest absolute Gasteiger partial charge is 0.352 e. The van der Waals surface area contributed by atoms with Crippen LogP contribution in [-0.4, -0.2) is 50.0 Å². The number of rotatable bonds is 10. The van der Waals surface area contributed by atoms with Gasteiger partial charge in [-0.1, -0.05) is 62.6 Å². The number of hydrogen-bond acceptors (Lipinski definition) is 4. The maximum absolute atomic E-state index is 13.8. The van der Waals surface area contributed by atoms with E-state index in [1.54, 1.807) is 23.1 Å². The van der Waals surface area contributed by atoms with Gasteiger partial charge < -0.3 is 10.2 Å². The predicted molar refractivity (Wildman–Crippen MR) is 144 cm³/mol. The number of nitrogens with one attached hydrogen (secondary N) is 1. The minimum atomic E-state index is -3.73. The van der Waals surface area contributed by atoms with E-state index in [1.165, 1.54) is 6.42 Å². The number of aryl methyl sites for hydroxylation is 2. The average molecular weight is 514 g/mol. The Hall–Kier alpha value is -2.87. The molecule has 2 aromatic carbocycles. The molecule has 196 valence electrons. The quantitative estimate of drug-likeness (QED) is 0.512. The molecule has 0 aromatic heterocycles. The smallest absolute Gasteiger partial charge is 0.244 e. The van der Waals surface area contributed by atoms with Crippen LogP contribution in [0.1, 0.15) is 62.1 Å². The lowest BCUT2D eigenvalue weighted by atomic mass is 9.95. The number of benzene rings is 2. The average Bonchev–Trinajstić information content (AvgIpc) is 2.83. The van der Waals surface area contributed by atoms with E-state index >= 15 is 0 Å². The number of carbonyl (C=O) groups is 2. The van der Waals surface area contributed by atoms with E-state index in [4.69, 9.17) is 0 Å². The van der Waals surface area contributed by atoms with Gasteiger partial charge in [-0.05, 0) is 61.9 Å². The first-order valence-electron chi connectivity index (χ1n) is 12.8. The summed E-state index contributed by atoms with van der Waals surface area (Å²) in [5.74, 6) is -0.580. The van der Waals surface area contributed by atoms with E-state index in [-0.39, 0.29) is 25.0 Å². The Kier molecular flexibility index (Phi) is 9.54. The molecule has 1 fully saturated rings. The molecule has 0 bridgehead atoms. The van der Waals surface area contributed by atoms with Crippen LogP contribution in [-0.2, 0) is 26.2 Å². The Balaban J connectivity index is 1.92. The van der Waals surface area contributed by atoms with Crippen molar-refractivity contribution in [1.29, 1.82) is 0 Å². The molecule has 1 atom stereocenters. The van der Waals surface area contributed by atoms with Crippen LogP contribution in [0.4, 0.5) is 5.69 Å². The summed E-state index contributed by atoms with van der Waals surface area (Å²) in [7, 11) is -3.73. The molecule has 2 amide bonds. The Bertz CT molecular complexity index is 1160. The van der Waals surface area contributed by atoms with Gasteiger partial charge in [-0.3, -0.25) is 13.9 Å². The Labute approximate surface area is 215 Å². The van der Waals surface area contributed by atoms with E-state index in [0.29, 0.717) is 12.1 Å². The standard InChI is InChI=1S/C28H39N3O4S/c1-5-26(28(33)29-24-15-7-6-8-16-24)30(19-23-14-10-9-13-22(23)3)27(32)20-31(36(4,34)35)25-17-11-12-21(2)18-25/h9-14,17-18,24,26H,5-8,15-16,19-20H2,1-4H3,(H,29,33)/t26-/m0/s1. The molecule has 8 heteroatoms. The molecule has 7 nitrogen and oxygen atoms in total. The zero-order valence-corrected chi connectivity index (χ0v) is 22.7. The fraction of sp³-hybridized carbons (Fsp3) is 0.500. The van der Waals surface area contributed by atoms with Crippen molar-refractivity contribution in [1.82, 2.24) is 10.2 Å². The molecule has 0 heterocycles. The Morgan fingerprint density at radius 1 is 1.03 bits per heavy atom. The second-order valence-corrected chi connectivity index (χ2v) is 11.7. The molecule has 0 saturated heterocycles. The summed E-state index contributed by atoms with van der Waals surface area (Å²) in [5, 5.41) is 3.16. The molecular formula is C28H39N3O4S. The van der Waals surface area contributed by atoms with Crippen molar-refractivity contribution in [2.24, 2.45) is 0 Å². The Morgan fingerprint density at radius 2 is 1.72 bits per heavy atom. The van der Waals surface area contributed by atoms with E-state index in [0.717, 1.165) is 52.9 Å². The van der Waals surface area contributed by atoms with Crippen molar-refractivity contribution in [3.63, 3.8) is 0 Å². The van der Waals surface area contributed by atoms with Gasteiger partial charge in [0, 0.05) is 12.6 Å². The summed E-state index contributed by atoms with van der Waals surface area (Å²) in [6.07, 6.45) is 6.79. The highest BCUT2D eigenvalue weighted by Crippen LogP contribution is 2.22. The number of hydrogen-bond donors (Lipinski definition) is 1. The first-order chi connectivity index (χ1) is 17.1. The van der Waals surface area contributed by atoms with Crippen LogP contribution in [0.15, 0.2) is 48.5 Å². The number of nitrogens with zero attached hydrogens (tertiary/aromatic N) is 2. The van der Waals surface area contributed by atoms with Gasteiger partial charge in [0.15, 0.2) is 0 Å². The number of carbonyl (C=O) groups excluding carboxylic acids is 2. The third kappa shape index (κ3) is 7.32. The normalized spacial score (nSPS) is 15.2. The lowest BCUT2D eigenvalue weighted by Crippen LogP contribution is -2.54. The molecule has 1 N–H and O–H groups in total. The fourth-order valence-electron chi connectivity index (χ4n) is 4.83. The van der Waals surface area contributed by atoms with Crippen LogP contribution < -0.4 is 9.62 Å². The minimum Gasteiger partial charge on any atom is -0.352 e. The van der Waals surface area contributed by atoms with Crippen molar-refractivity contribution < 1.29 is 18.0 Å². The van der Waals surface area contributed by atoms with Crippen LogP contribution in [0.25, 0.3) is 0 Å². The molecule has 0 radical (unpaired) electrons. The summed E-state index contributed by atoms with van der Waals surface area (Å²) in [6.45, 7) is 5.59. The lowest BCUT2D eigenvalue weighted by Gasteiger charge is -2.34. The molecule has 3 rings (SSSR count). The topological polar surface area (TPSA) is 86.8 Å². The highest BCUT2D eigenvalue weighted by atomic mass is 32.2. The van der Waals surface area contributed by atoms with Gasteiger partial charge in [-0.15, -0.1) is 0 Å². The van der Waals surface area contributed by atoms with Crippen molar-refractivity contribution >= 4 is 27.5 Å². The SMILES string of the molecule is CC[C@@H](C(=O)NC1CCCCC1)N(Cc1ccccc1C)C(=O)CN(c1cccc(C)c1)S(C)(=O)=O. The highest BCUT2D eigenvalue weighted by Gasteiger charge is 2.33. The minimum absolute atomic E-state index is 0.121. The van der Waals surface area contributed by atoms with Crippen molar-refractivity contribution in [3.05, 3.63) is 65.2 Å². The fourth-order valence-corrected chi connectivity index (χ4v) is 5.67. The van der Waals surface area contributed by atoms with Gasteiger partial charge in [0.25, 0.3) is 0 Å². The number of sulfonamides is 1. The molecule has 1 saturated carbocycles. The van der Waals surface area contributed by atoms with Gasteiger partial charge in [0.05, 0.1) is 11.9 Å². The van der Waals surface area contributed by atoms with Gasteiger partial charge in [-0.2, -0.15) is 0 Å². The molecule has 0 unspecified atom stereocenters. The molecule has 36 heavy (non-hydrogen) atoms. The van der Waals surface area contributed by atoms with Crippen LogP contribution >= 0.6 is 0 Å². The lowest BCUT2D eigenvalue weighted by molar-refractivity contribution is -0.140. The maximum Gasteiger partial charge on any atom is 0.244 e. The summed E-state index contributed by atoms with van der Waals surface area (Å²) < 4.78 is 26.6. The van der Waals surface area contributed by atoms with E-state index in [2.05, 4.69) is 5.32 Å². The van der Waals surface area contributed by atoms with E-state index < -0.39 is 22.0 Å². The molecule has 0 aliphatic heterocycles. The van der Waals surface area contributed by atoms with E-state index in [9.17, 15) is 18.0 Å². The highest BCUT2D eigenvalue weighted by molar-refractivity contribution is 7.92. The molecule has 0 spiro atoms. The second-order valence-electron chi connectivity index (χ2n) is 9.82. The first-order valence-corrected chi connectivity index (χ1v) is 14.6. The van der Waals surface area contributed by atoms with Crippen molar-refractivity contribution in [3.8, 4) is 0 Å². The molecule has 1 aliphatic rings. The maximum atomic E-state index is 13.8. The predicted octanol–water partition coefficient (Wildman–Crippen LogP) is 4.33. The zero-order valence-electron chi connectivity index (χ0n) is 21.9. The first kappa shape index (κ1) is 27.7. The molecular weight excluding hydrogens is 474 g/mol. The van der Waals surface area contributed by atoms with Gasteiger partial charge in [-0.25, -0.2) is 8.42 Å². The van der Waals surface area contributed by atoms with Crippen LogP contribution in [0.5, 0.6) is 0 Å². The second kappa shape index (κ2) is 12.4. The van der Waals surface area contributed by atoms with Gasteiger partial charge in [0.2, 0.25) is 21.8 Å². The van der Waals surface area contributed by atoms with Crippen molar-refractivity contribution in [2.75, 3.05) is 17.1 Å². The summed E-state index contributed by atoms with van der Waals surface area (Å²) >= 11 is 0. The number of anilines is 1. The Morgan fingerprint density at radius 3 is 2.33 bits per heavy atom. The molecule has 1 aliphatic carbocycles. The third-order valence-corrected chi connectivity index (χ3v) is 8.05. The summed E-state index contributed by atoms with van der Waals surface area (Å²) in [5.41, 5.74) is 3.26. The van der Waals surface area contributed by atoms with E-state index in [1.807, 2.05) is 51.1 Å². The van der Waals surface area contributed by atoms with Gasteiger partial charge >= 0.3 is 0 Å².